The number of carbonyl (C=O) groups excluding carboxylic acids is 2. The zero-order valence-electron chi connectivity index (χ0n) is 14.3. The number of hydrogen-bond acceptors (Lipinski definition) is 5. The molecule has 0 saturated heterocycles. The second-order valence-electron chi connectivity index (χ2n) is 5.72. The van der Waals surface area contributed by atoms with Crippen molar-refractivity contribution in [2.24, 2.45) is 0 Å². The van der Waals surface area contributed by atoms with Gasteiger partial charge >= 0.3 is 0 Å². The molecule has 0 atom stereocenters. The smallest absolute Gasteiger partial charge is 0.257 e. The summed E-state index contributed by atoms with van der Waals surface area (Å²) < 4.78 is 5.58. The number of carboxylic acid groups (broad SMARTS) is 1. The second-order valence-corrected chi connectivity index (χ2v) is 6.57. The van der Waals surface area contributed by atoms with E-state index in [1.807, 2.05) is 6.07 Å². The minimum absolute atomic E-state index is 0.0599. The Morgan fingerprint density at radius 2 is 1.89 bits per heavy atom. The van der Waals surface area contributed by atoms with E-state index >= 15 is 0 Å². The molecule has 1 heterocycles. The van der Waals surface area contributed by atoms with E-state index in [0.717, 1.165) is 5.56 Å². The molecular weight excluding hydrogens is 403 g/mol. The van der Waals surface area contributed by atoms with Crippen LogP contribution in [0.5, 0.6) is 5.75 Å². The van der Waals surface area contributed by atoms with Crippen molar-refractivity contribution in [3.63, 3.8) is 0 Å². The van der Waals surface area contributed by atoms with Crippen LogP contribution in [0.3, 0.4) is 0 Å². The number of amides is 1. The van der Waals surface area contributed by atoms with Crippen LogP contribution in [0, 0.1) is 0 Å². The maximum atomic E-state index is 12.4. The van der Waals surface area contributed by atoms with Crippen molar-refractivity contribution < 1.29 is 19.4 Å². The number of benzene rings is 2. The number of halogens is 2. The van der Waals surface area contributed by atoms with Gasteiger partial charge in [0.25, 0.3) is 5.91 Å². The number of aromatic carboxylic acids is 1. The van der Waals surface area contributed by atoms with E-state index in [2.05, 4.69) is 10.3 Å². The lowest BCUT2D eigenvalue weighted by molar-refractivity contribution is -0.254. The molecule has 1 N–H and O–H groups in total. The highest BCUT2D eigenvalue weighted by Gasteiger charge is 2.14. The predicted molar refractivity (Wildman–Crippen MR) is 104 cm³/mol. The summed E-state index contributed by atoms with van der Waals surface area (Å²) in [5.41, 5.74) is 0.825. The molecule has 0 unspecified atom stereocenters. The molecule has 0 radical (unpaired) electrons. The molecule has 8 heteroatoms. The van der Waals surface area contributed by atoms with E-state index < -0.39 is 11.9 Å². The van der Waals surface area contributed by atoms with E-state index in [-0.39, 0.29) is 28.4 Å². The number of anilines is 1. The first kappa shape index (κ1) is 19.7. The molecule has 2 aromatic carbocycles. The lowest BCUT2D eigenvalue weighted by atomic mass is 10.1. The third-order valence-electron chi connectivity index (χ3n) is 3.76. The van der Waals surface area contributed by atoms with Gasteiger partial charge in [-0.2, -0.15) is 0 Å². The number of ether oxygens (including phenoxy) is 1. The van der Waals surface area contributed by atoms with E-state index in [1.165, 1.54) is 30.3 Å². The molecule has 1 amide bonds. The largest absolute Gasteiger partial charge is 0.545 e. The van der Waals surface area contributed by atoms with Gasteiger partial charge in [-0.3, -0.25) is 9.78 Å². The monoisotopic (exact) mass is 415 g/mol. The van der Waals surface area contributed by atoms with Gasteiger partial charge in [-0.15, -0.1) is 0 Å². The third kappa shape index (κ3) is 4.79. The van der Waals surface area contributed by atoms with Crippen LogP contribution in [0.4, 0.5) is 5.69 Å². The van der Waals surface area contributed by atoms with Crippen LogP contribution in [-0.4, -0.2) is 16.9 Å². The number of carbonyl (C=O) groups is 2. The van der Waals surface area contributed by atoms with Gasteiger partial charge < -0.3 is 20.0 Å². The van der Waals surface area contributed by atoms with Gasteiger partial charge in [0.2, 0.25) is 0 Å². The third-order valence-corrected chi connectivity index (χ3v) is 4.31. The fourth-order valence-corrected chi connectivity index (χ4v) is 2.90. The minimum atomic E-state index is -1.45. The zero-order chi connectivity index (χ0) is 20.1. The molecule has 1 aromatic heterocycles. The minimum Gasteiger partial charge on any atom is -0.545 e. The molecule has 0 aliphatic heterocycles. The topological polar surface area (TPSA) is 91.3 Å². The molecule has 0 bridgehead atoms. The summed E-state index contributed by atoms with van der Waals surface area (Å²) in [6, 6.07) is 12.2. The molecule has 28 heavy (non-hydrogen) atoms. The highest BCUT2D eigenvalue weighted by molar-refractivity contribution is 6.37. The number of hydrogen-bond donors (Lipinski definition) is 1. The van der Waals surface area contributed by atoms with Gasteiger partial charge in [-0.05, 0) is 42.5 Å². The normalized spacial score (nSPS) is 10.4. The first-order chi connectivity index (χ1) is 13.4. The molecule has 142 valence electrons. The van der Waals surface area contributed by atoms with Crippen LogP contribution in [-0.2, 0) is 6.61 Å². The fourth-order valence-electron chi connectivity index (χ4n) is 2.40. The average Bonchev–Trinajstić information content (AvgIpc) is 2.67. The quantitative estimate of drug-likeness (QED) is 0.663. The van der Waals surface area contributed by atoms with Crippen molar-refractivity contribution in [2.45, 2.75) is 6.61 Å². The van der Waals surface area contributed by atoms with Crippen molar-refractivity contribution in [1.82, 2.24) is 4.98 Å². The molecular formula is C20H13Cl2N2O4-. The molecule has 0 saturated carbocycles. The van der Waals surface area contributed by atoms with E-state index in [9.17, 15) is 14.7 Å². The number of rotatable bonds is 6. The average molecular weight is 416 g/mol. The van der Waals surface area contributed by atoms with Crippen LogP contribution in [0.25, 0.3) is 0 Å². The number of nitrogens with zero attached hydrogens (tertiary/aromatic N) is 1. The summed E-state index contributed by atoms with van der Waals surface area (Å²) in [4.78, 5) is 27.9. The SMILES string of the molecule is O=C(Nc1ccc(OCc2cccnc2)cc1C(=O)[O-])c1ccc(Cl)cc1Cl. The van der Waals surface area contributed by atoms with Gasteiger partial charge in [0.1, 0.15) is 12.4 Å². The van der Waals surface area contributed by atoms with Crippen LogP contribution in [0.15, 0.2) is 60.9 Å². The van der Waals surface area contributed by atoms with Crippen molar-refractivity contribution >= 4 is 40.8 Å². The Bertz CT molecular complexity index is 1030. The Kier molecular flexibility index (Phi) is 6.13. The Hall–Kier alpha value is -3.09. The second kappa shape index (κ2) is 8.73. The van der Waals surface area contributed by atoms with Crippen LogP contribution < -0.4 is 15.2 Å². The maximum Gasteiger partial charge on any atom is 0.257 e. The molecule has 0 spiro atoms. The lowest BCUT2D eigenvalue weighted by Gasteiger charge is -2.15. The number of carboxylic acids is 1. The molecule has 0 fully saturated rings. The van der Waals surface area contributed by atoms with Crippen molar-refractivity contribution in [3.05, 3.63) is 87.7 Å². The Labute approximate surface area is 170 Å². The predicted octanol–water partition coefficient (Wildman–Crippen LogP) is 3.58. The van der Waals surface area contributed by atoms with Crippen LogP contribution >= 0.6 is 23.2 Å². The van der Waals surface area contributed by atoms with Gasteiger partial charge in [0, 0.05) is 28.5 Å². The highest BCUT2D eigenvalue weighted by Crippen LogP contribution is 2.25. The number of nitrogens with one attached hydrogen (secondary N) is 1. The van der Waals surface area contributed by atoms with E-state index in [1.54, 1.807) is 24.5 Å². The Morgan fingerprint density at radius 1 is 1.07 bits per heavy atom. The van der Waals surface area contributed by atoms with Crippen LogP contribution in [0.2, 0.25) is 10.0 Å². The van der Waals surface area contributed by atoms with Gasteiger partial charge in [-0.25, -0.2) is 0 Å². The Morgan fingerprint density at radius 3 is 2.57 bits per heavy atom. The van der Waals surface area contributed by atoms with Crippen molar-refractivity contribution in [3.8, 4) is 5.75 Å². The number of pyridine rings is 1. The molecule has 3 aromatic rings. The Balaban J connectivity index is 1.79. The molecule has 0 aliphatic carbocycles. The fraction of sp³-hybridized carbons (Fsp3) is 0.0500. The van der Waals surface area contributed by atoms with Crippen molar-refractivity contribution in [1.29, 1.82) is 0 Å². The summed E-state index contributed by atoms with van der Waals surface area (Å²) in [6.45, 7) is 0.215. The van der Waals surface area contributed by atoms with Crippen molar-refractivity contribution in [2.75, 3.05) is 5.32 Å². The summed E-state index contributed by atoms with van der Waals surface area (Å²) >= 11 is 11.8. The summed E-state index contributed by atoms with van der Waals surface area (Å²) in [6.07, 6.45) is 3.28. The standard InChI is InChI=1S/C20H14Cl2N2O4/c21-13-3-5-15(17(22)8-13)19(25)24-18-6-4-14(9-16(18)20(26)27)28-11-12-2-1-7-23-10-12/h1-10H,11H2,(H,24,25)(H,26,27)/p-1. The van der Waals surface area contributed by atoms with E-state index in [4.69, 9.17) is 27.9 Å². The van der Waals surface area contributed by atoms with Gasteiger partial charge in [0.05, 0.1) is 22.2 Å². The number of aromatic nitrogens is 1. The molecule has 6 nitrogen and oxygen atoms in total. The van der Waals surface area contributed by atoms with Crippen LogP contribution in [0.1, 0.15) is 26.3 Å². The van der Waals surface area contributed by atoms with Gasteiger partial charge in [0.15, 0.2) is 0 Å². The van der Waals surface area contributed by atoms with E-state index in [0.29, 0.717) is 10.8 Å². The summed E-state index contributed by atoms with van der Waals surface area (Å²) in [5, 5.41) is 14.6. The molecule has 3 rings (SSSR count). The lowest BCUT2D eigenvalue weighted by Crippen LogP contribution is -2.25. The van der Waals surface area contributed by atoms with Gasteiger partial charge in [-0.1, -0.05) is 29.3 Å². The zero-order valence-corrected chi connectivity index (χ0v) is 15.8. The maximum absolute atomic E-state index is 12.4. The first-order valence-corrected chi connectivity index (χ1v) is 8.83. The first-order valence-electron chi connectivity index (χ1n) is 8.07. The highest BCUT2D eigenvalue weighted by atomic mass is 35.5. The summed E-state index contributed by atoms with van der Waals surface area (Å²) in [5.74, 6) is -1.72. The molecule has 0 aliphatic rings. The summed E-state index contributed by atoms with van der Waals surface area (Å²) in [7, 11) is 0.